The van der Waals surface area contributed by atoms with Crippen LogP contribution in [0.1, 0.15) is 5.56 Å². The molecule has 0 N–H and O–H groups in total. The van der Waals surface area contributed by atoms with Gasteiger partial charge in [-0.3, -0.25) is 5.92 Å². The summed E-state index contributed by atoms with van der Waals surface area (Å²) in [6, 6.07) is 7.02. The molecule has 0 saturated carbocycles. The molecule has 0 spiro atoms. The Kier molecular flexibility index (Phi) is 4.33. The van der Waals surface area contributed by atoms with Gasteiger partial charge >= 0.3 is 18.9 Å². The third-order valence-electron chi connectivity index (χ3n) is 0.969. The Hall–Kier alpha value is -0.333. The predicted octanol–water partition coefficient (Wildman–Crippen LogP) is -0.718. The standard InChI is InChI=1S/C8H4Cl.Li/c1-2-7-4-3-5-8(9)6-7;/h3-6H;/q-1;+1. The van der Waals surface area contributed by atoms with Gasteiger partial charge < -0.3 is 6.42 Å². The van der Waals surface area contributed by atoms with Gasteiger partial charge in [-0.1, -0.05) is 17.7 Å². The zero-order valence-electron chi connectivity index (χ0n) is 5.69. The Labute approximate surface area is 77.8 Å². The first-order valence-corrected chi connectivity index (χ1v) is 2.89. The van der Waals surface area contributed by atoms with Gasteiger partial charge in [0.25, 0.3) is 0 Å². The van der Waals surface area contributed by atoms with Crippen molar-refractivity contribution in [2.75, 3.05) is 0 Å². The molecule has 1 rings (SSSR count). The van der Waals surface area contributed by atoms with Gasteiger partial charge in [0.2, 0.25) is 0 Å². The van der Waals surface area contributed by atoms with E-state index in [1.807, 2.05) is 0 Å². The van der Waals surface area contributed by atoms with Crippen LogP contribution in [0.3, 0.4) is 0 Å². The van der Waals surface area contributed by atoms with Crippen LogP contribution in [-0.4, -0.2) is 0 Å². The summed E-state index contributed by atoms with van der Waals surface area (Å²) in [6.45, 7) is 0. The number of hydrogen-bond acceptors (Lipinski definition) is 0. The fourth-order valence-electron chi connectivity index (χ4n) is 0.566. The molecule has 0 atom stereocenters. The molecule has 0 nitrogen and oxygen atoms in total. The van der Waals surface area contributed by atoms with Crippen molar-refractivity contribution in [2.24, 2.45) is 0 Å². The molecule has 10 heavy (non-hydrogen) atoms. The van der Waals surface area contributed by atoms with E-state index in [1.54, 1.807) is 24.3 Å². The Bertz CT molecular complexity index is 250. The van der Waals surface area contributed by atoms with E-state index in [4.69, 9.17) is 18.0 Å². The maximum Gasteiger partial charge on any atom is 1.00 e. The van der Waals surface area contributed by atoms with Gasteiger partial charge in [-0.15, -0.1) is 17.7 Å². The van der Waals surface area contributed by atoms with Gasteiger partial charge in [0.15, 0.2) is 0 Å². The SMILES string of the molecule is [C-]#Cc1cccc(Cl)c1.[Li+]. The van der Waals surface area contributed by atoms with Crippen LogP contribution < -0.4 is 18.9 Å². The van der Waals surface area contributed by atoms with E-state index in [1.165, 1.54) is 0 Å². The molecule has 44 valence electrons. The summed E-state index contributed by atoms with van der Waals surface area (Å²) < 4.78 is 0. The number of halogens is 1. The third-order valence-corrected chi connectivity index (χ3v) is 1.20. The molecule has 0 saturated heterocycles. The molecule has 0 heterocycles. The fourth-order valence-corrected chi connectivity index (χ4v) is 0.757. The maximum absolute atomic E-state index is 6.73. The second-order valence-electron chi connectivity index (χ2n) is 1.64. The summed E-state index contributed by atoms with van der Waals surface area (Å²) in [5, 5.41) is 0.646. The Morgan fingerprint density at radius 2 is 2.10 bits per heavy atom. The monoisotopic (exact) mass is 142 g/mol. The minimum absolute atomic E-state index is 0. The van der Waals surface area contributed by atoms with Crippen LogP contribution in [0.5, 0.6) is 0 Å². The van der Waals surface area contributed by atoms with Crippen LogP contribution in [-0.2, 0) is 0 Å². The third kappa shape index (κ3) is 2.50. The predicted molar refractivity (Wildman–Crippen MR) is 37.7 cm³/mol. The van der Waals surface area contributed by atoms with Gasteiger partial charge in [-0.25, -0.2) is 0 Å². The molecule has 0 radical (unpaired) electrons. The van der Waals surface area contributed by atoms with Gasteiger partial charge in [-0.2, -0.15) is 0 Å². The molecule has 0 unspecified atom stereocenters. The van der Waals surface area contributed by atoms with Crippen LogP contribution in [0.25, 0.3) is 0 Å². The average Bonchev–Trinajstić information content (AvgIpc) is 1.88. The van der Waals surface area contributed by atoms with E-state index in [0.29, 0.717) is 10.6 Å². The maximum atomic E-state index is 6.73. The van der Waals surface area contributed by atoms with Crippen molar-refractivity contribution >= 4 is 11.6 Å². The van der Waals surface area contributed by atoms with Crippen molar-refractivity contribution in [2.45, 2.75) is 0 Å². The molecular formula is C8H4ClLi. The first kappa shape index (κ1) is 9.67. The first-order valence-electron chi connectivity index (χ1n) is 2.51. The average molecular weight is 143 g/mol. The summed E-state index contributed by atoms with van der Waals surface area (Å²) in [6.07, 6.45) is 6.73. The molecule has 1 aromatic carbocycles. The van der Waals surface area contributed by atoms with Crippen molar-refractivity contribution in [1.82, 2.24) is 0 Å². The molecule has 0 aliphatic rings. The molecular weight excluding hydrogens is 138 g/mol. The number of benzene rings is 1. The Balaban J connectivity index is 0.000000810. The van der Waals surface area contributed by atoms with E-state index >= 15 is 0 Å². The Morgan fingerprint density at radius 3 is 2.50 bits per heavy atom. The van der Waals surface area contributed by atoms with E-state index in [9.17, 15) is 0 Å². The zero-order chi connectivity index (χ0) is 6.69. The first-order chi connectivity index (χ1) is 4.33. The van der Waals surface area contributed by atoms with E-state index < -0.39 is 0 Å². The van der Waals surface area contributed by atoms with Crippen LogP contribution in [0.15, 0.2) is 24.3 Å². The van der Waals surface area contributed by atoms with Gasteiger partial charge in [0.1, 0.15) is 0 Å². The number of hydrogen-bond donors (Lipinski definition) is 0. The fraction of sp³-hybridized carbons (Fsp3) is 0. The van der Waals surface area contributed by atoms with Gasteiger partial charge in [-0.05, 0) is 6.07 Å². The molecule has 2 heteroatoms. The van der Waals surface area contributed by atoms with Crippen LogP contribution in [0, 0.1) is 12.3 Å². The quantitative estimate of drug-likeness (QED) is 0.255. The summed E-state index contributed by atoms with van der Waals surface area (Å²) >= 11 is 5.60. The van der Waals surface area contributed by atoms with Crippen molar-refractivity contribution in [3.05, 3.63) is 41.3 Å². The van der Waals surface area contributed by atoms with E-state index in [2.05, 4.69) is 5.92 Å². The second-order valence-corrected chi connectivity index (χ2v) is 2.07. The molecule has 0 bridgehead atoms. The normalized spacial score (nSPS) is 7.60. The summed E-state index contributed by atoms with van der Waals surface area (Å²) in [7, 11) is 0. The zero-order valence-corrected chi connectivity index (χ0v) is 6.44. The van der Waals surface area contributed by atoms with Crippen LogP contribution >= 0.6 is 11.6 Å². The largest absolute Gasteiger partial charge is 1.00 e. The van der Waals surface area contributed by atoms with Crippen LogP contribution in [0.2, 0.25) is 5.02 Å². The molecule has 0 aliphatic carbocycles. The molecule has 1 aromatic rings. The smallest absolute Gasteiger partial charge is 0.366 e. The van der Waals surface area contributed by atoms with Crippen molar-refractivity contribution in [3.8, 4) is 5.92 Å². The molecule has 0 amide bonds. The molecule has 0 fully saturated rings. The minimum atomic E-state index is 0. The van der Waals surface area contributed by atoms with Crippen molar-refractivity contribution in [3.63, 3.8) is 0 Å². The molecule has 0 aromatic heterocycles. The van der Waals surface area contributed by atoms with Gasteiger partial charge in [0.05, 0.1) is 0 Å². The summed E-state index contributed by atoms with van der Waals surface area (Å²) in [4.78, 5) is 0. The van der Waals surface area contributed by atoms with Crippen LogP contribution in [0.4, 0.5) is 0 Å². The summed E-state index contributed by atoms with van der Waals surface area (Å²) in [5.41, 5.74) is 0.711. The van der Waals surface area contributed by atoms with E-state index in [-0.39, 0.29) is 18.9 Å². The van der Waals surface area contributed by atoms with Crippen molar-refractivity contribution in [1.29, 1.82) is 0 Å². The van der Waals surface area contributed by atoms with E-state index in [0.717, 1.165) is 0 Å². The topological polar surface area (TPSA) is 0 Å². The van der Waals surface area contributed by atoms with Crippen molar-refractivity contribution < 1.29 is 18.9 Å². The second kappa shape index (κ2) is 4.48. The minimum Gasteiger partial charge on any atom is -0.366 e. The molecule has 0 aliphatic heterocycles. The van der Waals surface area contributed by atoms with Gasteiger partial charge in [0, 0.05) is 5.02 Å². The number of rotatable bonds is 0. The summed E-state index contributed by atoms with van der Waals surface area (Å²) in [5.74, 6) is 2.23. The Morgan fingerprint density at radius 1 is 1.40 bits per heavy atom.